The summed E-state index contributed by atoms with van der Waals surface area (Å²) in [7, 11) is 1.53. The second-order valence-corrected chi connectivity index (χ2v) is 4.92. The number of phenolic OH excluding ortho intramolecular Hbond substituents is 1. The molecule has 1 aromatic carbocycles. The van der Waals surface area contributed by atoms with Gasteiger partial charge in [0.05, 0.1) is 19.9 Å². The second kappa shape index (κ2) is 8.73. The van der Waals surface area contributed by atoms with Crippen molar-refractivity contribution >= 4 is 5.96 Å². The van der Waals surface area contributed by atoms with Gasteiger partial charge in [-0.05, 0) is 25.1 Å². The van der Waals surface area contributed by atoms with E-state index in [2.05, 4.69) is 15.6 Å². The van der Waals surface area contributed by atoms with Crippen molar-refractivity contribution in [1.29, 1.82) is 0 Å². The Morgan fingerprint density at radius 1 is 1.26 bits per heavy atom. The molecule has 0 saturated heterocycles. The minimum absolute atomic E-state index is 0.130. The first-order chi connectivity index (χ1) is 11.2. The fraction of sp³-hybridized carbons (Fsp3) is 0.353. The highest BCUT2D eigenvalue weighted by Crippen LogP contribution is 2.29. The van der Waals surface area contributed by atoms with Gasteiger partial charge in [0.15, 0.2) is 17.5 Å². The summed E-state index contributed by atoms with van der Waals surface area (Å²) in [6, 6.07) is 9.20. The van der Waals surface area contributed by atoms with Crippen LogP contribution in [0.25, 0.3) is 0 Å². The molecule has 0 radical (unpaired) electrons. The van der Waals surface area contributed by atoms with Gasteiger partial charge in [-0.2, -0.15) is 0 Å². The minimum atomic E-state index is 0.130. The van der Waals surface area contributed by atoms with Crippen LogP contribution in [0.5, 0.6) is 11.5 Å². The van der Waals surface area contributed by atoms with Crippen LogP contribution in [0.15, 0.2) is 46.0 Å². The molecule has 6 heteroatoms. The Bertz CT molecular complexity index is 624. The molecule has 2 rings (SSSR count). The van der Waals surface area contributed by atoms with Crippen LogP contribution in [-0.2, 0) is 13.0 Å². The Kier molecular flexibility index (Phi) is 6.35. The van der Waals surface area contributed by atoms with E-state index in [-0.39, 0.29) is 5.75 Å². The summed E-state index contributed by atoms with van der Waals surface area (Å²) in [5, 5.41) is 16.5. The molecule has 0 amide bonds. The number of hydrogen-bond donors (Lipinski definition) is 3. The summed E-state index contributed by atoms with van der Waals surface area (Å²) in [4.78, 5) is 4.49. The smallest absolute Gasteiger partial charge is 0.191 e. The summed E-state index contributed by atoms with van der Waals surface area (Å²) >= 11 is 0. The van der Waals surface area contributed by atoms with E-state index >= 15 is 0 Å². The number of aliphatic imine (C=N–C) groups is 1. The molecule has 2 aromatic rings. The third-order valence-corrected chi connectivity index (χ3v) is 3.30. The molecule has 0 atom stereocenters. The summed E-state index contributed by atoms with van der Waals surface area (Å²) < 4.78 is 10.4. The largest absolute Gasteiger partial charge is 0.504 e. The number of furan rings is 1. The molecule has 0 aliphatic carbocycles. The van der Waals surface area contributed by atoms with E-state index in [0.717, 1.165) is 18.7 Å². The number of nitrogens with one attached hydrogen (secondary N) is 2. The molecule has 1 aromatic heterocycles. The first kappa shape index (κ1) is 16.7. The highest BCUT2D eigenvalue weighted by Gasteiger charge is 2.07. The van der Waals surface area contributed by atoms with E-state index in [0.29, 0.717) is 30.4 Å². The highest BCUT2D eigenvalue weighted by atomic mass is 16.5. The van der Waals surface area contributed by atoms with Gasteiger partial charge in [0.25, 0.3) is 0 Å². The maximum Gasteiger partial charge on any atom is 0.191 e. The molecular formula is C17H23N3O3. The third kappa shape index (κ3) is 4.95. The number of rotatable bonds is 7. The maximum absolute atomic E-state index is 10.1. The molecule has 0 bridgehead atoms. The van der Waals surface area contributed by atoms with Gasteiger partial charge in [0.1, 0.15) is 5.76 Å². The van der Waals surface area contributed by atoms with Gasteiger partial charge in [0.2, 0.25) is 0 Å². The second-order valence-electron chi connectivity index (χ2n) is 4.92. The summed E-state index contributed by atoms with van der Waals surface area (Å²) in [5.74, 6) is 2.21. The average Bonchev–Trinajstić information content (AvgIpc) is 3.07. The lowest BCUT2D eigenvalue weighted by atomic mass is 10.2. The Balaban J connectivity index is 1.95. The highest BCUT2D eigenvalue weighted by molar-refractivity contribution is 5.79. The van der Waals surface area contributed by atoms with Crippen molar-refractivity contribution < 1.29 is 14.3 Å². The van der Waals surface area contributed by atoms with Crippen LogP contribution in [0.2, 0.25) is 0 Å². The number of benzene rings is 1. The molecule has 0 aliphatic heterocycles. The molecule has 0 spiro atoms. The fourth-order valence-electron chi connectivity index (χ4n) is 2.12. The number of para-hydroxylation sites is 1. The Labute approximate surface area is 136 Å². The van der Waals surface area contributed by atoms with E-state index in [1.807, 2.05) is 31.2 Å². The zero-order valence-electron chi connectivity index (χ0n) is 13.5. The maximum atomic E-state index is 10.1. The fourth-order valence-corrected chi connectivity index (χ4v) is 2.12. The number of nitrogens with zero attached hydrogens (tertiary/aromatic N) is 1. The van der Waals surface area contributed by atoms with Gasteiger partial charge in [-0.1, -0.05) is 12.1 Å². The van der Waals surface area contributed by atoms with Gasteiger partial charge in [-0.25, -0.2) is 4.99 Å². The van der Waals surface area contributed by atoms with Gasteiger partial charge in [0, 0.05) is 25.1 Å². The van der Waals surface area contributed by atoms with Crippen LogP contribution < -0.4 is 15.4 Å². The topological polar surface area (TPSA) is 79.0 Å². The summed E-state index contributed by atoms with van der Waals surface area (Å²) in [5.41, 5.74) is 0.715. The van der Waals surface area contributed by atoms with E-state index in [1.54, 1.807) is 12.3 Å². The average molecular weight is 317 g/mol. The van der Waals surface area contributed by atoms with Gasteiger partial charge >= 0.3 is 0 Å². The Hall–Kier alpha value is -2.63. The van der Waals surface area contributed by atoms with E-state index in [1.165, 1.54) is 7.11 Å². The Morgan fingerprint density at radius 3 is 2.83 bits per heavy atom. The van der Waals surface area contributed by atoms with E-state index < -0.39 is 0 Å². The molecule has 1 heterocycles. The minimum Gasteiger partial charge on any atom is -0.504 e. The van der Waals surface area contributed by atoms with E-state index in [9.17, 15) is 5.11 Å². The zero-order chi connectivity index (χ0) is 16.5. The molecule has 3 N–H and O–H groups in total. The molecule has 0 fully saturated rings. The lowest BCUT2D eigenvalue weighted by Crippen LogP contribution is -2.38. The van der Waals surface area contributed by atoms with Crippen molar-refractivity contribution in [2.75, 3.05) is 20.2 Å². The predicted octanol–water partition coefficient (Wildman–Crippen LogP) is 2.29. The number of ether oxygens (including phenoxy) is 1. The summed E-state index contributed by atoms with van der Waals surface area (Å²) in [6.45, 7) is 3.84. The Morgan fingerprint density at radius 2 is 2.13 bits per heavy atom. The van der Waals surface area contributed by atoms with Crippen molar-refractivity contribution in [2.24, 2.45) is 4.99 Å². The van der Waals surface area contributed by atoms with Crippen molar-refractivity contribution in [3.05, 3.63) is 47.9 Å². The predicted molar refractivity (Wildman–Crippen MR) is 89.9 cm³/mol. The number of methoxy groups -OCH3 is 1. The quantitative estimate of drug-likeness (QED) is 0.539. The molecule has 23 heavy (non-hydrogen) atoms. The van der Waals surface area contributed by atoms with Crippen molar-refractivity contribution in [1.82, 2.24) is 10.6 Å². The lowest BCUT2D eigenvalue weighted by Gasteiger charge is -2.11. The van der Waals surface area contributed by atoms with Crippen LogP contribution in [0.4, 0.5) is 0 Å². The molecule has 0 aliphatic rings. The monoisotopic (exact) mass is 317 g/mol. The van der Waals surface area contributed by atoms with Crippen molar-refractivity contribution in [2.45, 2.75) is 19.9 Å². The molecule has 6 nitrogen and oxygen atoms in total. The normalized spacial score (nSPS) is 11.3. The lowest BCUT2D eigenvalue weighted by molar-refractivity contribution is 0.370. The van der Waals surface area contributed by atoms with Gasteiger partial charge in [-0.3, -0.25) is 0 Å². The van der Waals surface area contributed by atoms with Gasteiger partial charge < -0.3 is 24.9 Å². The van der Waals surface area contributed by atoms with Crippen LogP contribution in [0, 0.1) is 0 Å². The number of aromatic hydroxyl groups is 1. The van der Waals surface area contributed by atoms with Crippen LogP contribution in [0.1, 0.15) is 18.2 Å². The van der Waals surface area contributed by atoms with Crippen molar-refractivity contribution in [3.63, 3.8) is 0 Å². The number of guanidine groups is 1. The summed E-state index contributed by atoms with van der Waals surface area (Å²) in [6.07, 6.45) is 2.45. The van der Waals surface area contributed by atoms with Crippen molar-refractivity contribution in [3.8, 4) is 11.5 Å². The number of hydrogen-bond acceptors (Lipinski definition) is 4. The zero-order valence-corrected chi connectivity index (χ0v) is 13.5. The third-order valence-electron chi connectivity index (χ3n) is 3.30. The standard InChI is InChI=1S/C17H23N3O3/c1-3-18-17(19-10-9-14-7-5-11-23-14)20-12-13-6-4-8-15(22-2)16(13)21/h4-8,11,21H,3,9-10,12H2,1-2H3,(H2,18,19,20). The van der Waals surface area contributed by atoms with Crippen LogP contribution in [0.3, 0.4) is 0 Å². The van der Waals surface area contributed by atoms with Crippen LogP contribution >= 0.6 is 0 Å². The molecular weight excluding hydrogens is 294 g/mol. The molecule has 124 valence electrons. The first-order valence-electron chi connectivity index (χ1n) is 7.64. The first-order valence-corrected chi connectivity index (χ1v) is 7.64. The molecule has 0 unspecified atom stereocenters. The van der Waals surface area contributed by atoms with E-state index in [4.69, 9.17) is 9.15 Å². The van der Waals surface area contributed by atoms with Gasteiger partial charge in [-0.15, -0.1) is 0 Å². The number of phenols is 1. The van der Waals surface area contributed by atoms with Crippen LogP contribution in [-0.4, -0.2) is 31.3 Å². The molecule has 0 saturated carbocycles. The SMILES string of the molecule is CCNC(=NCc1cccc(OC)c1O)NCCc1ccco1.